The van der Waals surface area contributed by atoms with Gasteiger partial charge in [-0.05, 0) is 62.8 Å². The van der Waals surface area contributed by atoms with Gasteiger partial charge in [-0.15, -0.1) is 0 Å². The van der Waals surface area contributed by atoms with E-state index in [1.807, 2.05) is 43.4 Å². The average molecular weight is 409 g/mol. The molecule has 1 fully saturated rings. The standard InChI is InChI=1S/C23H27N3O4/c1-15-10-19(22-16(2)17(3)23(28)30-20(22)11-15)29-13-21(27)26-7-4-18(5-8-26)12-25-9-6-24-14-25/h6,9-11,14,18H,4-5,7-8,12-13H2,1-3H3. The Bertz CT molecular complexity index is 1110. The first-order chi connectivity index (χ1) is 14.4. The van der Waals surface area contributed by atoms with Crippen LogP contribution in [0.25, 0.3) is 11.0 Å². The fraction of sp³-hybridized carbons (Fsp3) is 0.435. The number of piperidine rings is 1. The van der Waals surface area contributed by atoms with Gasteiger partial charge in [0, 0.05) is 37.6 Å². The van der Waals surface area contributed by atoms with E-state index >= 15 is 0 Å². The predicted octanol–water partition coefficient (Wildman–Crippen LogP) is 3.23. The van der Waals surface area contributed by atoms with E-state index in [1.165, 1.54) is 0 Å². The summed E-state index contributed by atoms with van der Waals surface area (Å²) in [5, 5.41) is 0.754. The van der Waals surface area contributed by atoms with Gasteiger partial charge in [0.05, 0.1) is 11.7 Å². The number of aryl methyl sites for hydroxylation is 2. The van der Waals surface area contributed by atoms with Crippen LogP contribution in [-0.4, -0.2) is 40.1 Å². The van der Waals surface area contributed by atoms with Crippen molar-refractivity contribution in [1.29, 1.82) is 0 Å². The van der Waals surface area contributed by atoms with Crippen molar-refractivity contribution in [3.05, 3.63) is 58.0 Å². The molecule has 1 amide bonds. The van der Waals surface area contributed by atoms with E-state index in [1.54, 1.807) is 13.1 Å². The maximum Gasteiger partial charge on any atom is 0.339 e. The van der Waals surface area contributed by atoms with Crippen molar-refractivity contribution < 1.29 is 13.9 Å². The molecule has 0 atom stereocenters. The maximum absolute atomic E-state index is 12.7. The minimum atomic E-state index is -0.341. The van der Waals surface area contributed by atoms with Gasteiger partial charge in [-0.25, -0.2) is 9.78 Å². The topological polar surface area (TPSA) is 77.6 Å². The Hall–Kier alpha value is -3.09. The van der Waals surface area contributed by atoms with Crippen molar-refractivity contribution in [2.45, 2.75) is 40.2 Å². The summed E-state index contributed by atoms with van der Waals surface area (Å²) in [4.78, 5) is 30.7. The van der Waals surface area contributed by atoms with E-state index in [-0.39, 0.29) is 18.1 Å². The number of amides is 1. The zero-order valence-corrected chi connectivity index (χ0v) is 17.7. The van der Waals surface area contributed by atoms with Gasteiger partial charge in [-0.3, -0.25) is 4.79 Å². The van der Waals surface area contributed by atoms with Gasteiger partial charge < -0.3 is 18.6 Å². The van der Waals surface area contributed by atoms with Crippen LogP contribution in [0.5, 0.6) is 5.75 Å². The van der Waals surface area contributed by atoms with Gasteiger partial charge in [0.2, 0.25) is 0 Å². The SMILES string of the molecule is Cc1cc(OCC(=O)N2CCC(Cn3ccnc3)CC2)c2c(C)c(C)c(=O)oc2c1. The molecule has 158 valence electrons. The lowest BCUT2D eigenvalue weighted by Gasteiger charge is -2.32. The molecule has 7 nitrogen and oxygen atoms in total. The molecule has 0 N–H and O–H groups in total. The van der Waals surface area contributed by atoms with Crippen LogP contribution in [0.1, 0.15) is 29.5 Å². The number of carbonyl (C=O) groups is 1. The molecule has 1 saturated heterocycles. The van der Waals surface area contributed by atoms with E-state index < -0.39 is 0 Å². The molecule has 1 aliphatic rings. The number of nitrogens with zero attached hydrogens (tertiary/aromatic N) is 3. The fourth-order valence-corrected chi connectivity index (χ4v) is 4.09. The van der Waals surface area contributed by atoms with E-state index in [2.05, 4.69) is 9.55 Å². The predicted molar refractivity (Wildman–Crippen MR) is 114 cm³/mol. The lowest BCUT2D eigenvalue weighted by Crippen LogP contribution is -2.41. The molecular weight excluding hydrogens is 382 g/mol. The van der Waals surface area contributed by atoms with Gasteiger partial charge in [-0.2, -0.15) is 0 Å². The molecule has 0 unspecified atom stereocenters. The number of likely N-dealkylation sites (tertiary alicyclic amines) is 1. The number of carbonyl (C=O) groups excluding carboxylic acids is 1. The Morgan fingerprint density at radius 3 is 2.67 bits per heavy atom. The first kappa shape index (κ1) is 20.2. The van der Waals surface area contributed by atoms with Crippen LogP contribution >= 0.6 is 0 Å². The summed E-state index contributed by atoms with van der Waals surface area (Å²) in [6, 6.07) is 3.71. The van der Waals surface area contributed by atoms with Crippen molar-refractivity contribution in [2.75, 3.05) is 19.7 Å². The molecule has 30 heavy (non-hydrogen) atoms. The molecule has 0 saturated carbocycles. The number of benzene rings is 1. The molecule has 0 aliphatic carbocycles. The summed E-state index contributed by atoms with van der Waals surface area (Å²) in [6.45, 7) is 7.92. The van der Waals surface area contributed by atoms with Crippen LogP contribution in [0.4, 0.5) is 0 Å². The Kier molecular flexibility index (Phi) is 5.61. The van der Waals surface area contributed by atoms with Gasteiger partial charge in [-0.1, -0.05) is 0 Å². The third-order valence-electron chi connectivity index (χ3n) is 6.00. The molecule has 7 heteroatoms. The summed E-state index contributed by atoms with van der Waals surface area (Å²) >= 11 is 0. The molecule has 4 rings (SSSR count). The number of imidazole rings is 1. The minimum absolute atomic E-state index is 0.0162. The third-order valence-corrected chi connectivity index (χ3v) is 6.00. The Morgan fingerprint density at radius 1 is 1.20 bits per heavy atom. The number of hydrogen-bond donors (Lipinski definition) is 0. The Labute approximate surface area is 175 Å². The van der Waals surface area contributed by atoms with Crippen LogP contribution < -0.4 is 10.4 Å². The second kappa shape index (κ2) is 8.34. The highest BCUT2D eigenvalue weighted by atomic mass is 16.5. The second-order valence-electron chi connectivity index (χ2n) is 8.15. The van der Waals surface area contributed by atoms with Crippen LogP contribution in [0.2, 0.25) is 0 Å². The first-order valence-corrected chi connectivity index (χ1v) is 10.3. The largest absolute Gasteiger partial charge is 0.483 e. The van der Waals surface area contributed by atoms with Crippen molar-refractivity contribution >= 4 is 16.9 Å². The van der Waals surface area contributed by atoms with Crippen molar-refractivity contribution in [1.82, 2.24) is 14.5 Å². The van der Waals surface area contributed by atoms with E-state index in [0.717, 1.165) is 49.0 Å². The van der Waals surface area contributed by atoms with Crippen LogP contribution in [0.15, 0.2) is 40.1 Å². The molecule has 0 bridgehead atoms. The summed E-state index contributed by atoms with van der Waals surface area (Å²) in [5.74, 6) is 1.12. The number of hydrogen-bond acceptors (Lipinski definition) is 5. The average Bonchev–Trinajstić information content (AvgIpc) is 3.23. The van der Waals surface area contributed by atoms with E-state index in [0.29, 0.717) is 22.8 Å². The minimum Gasteiger partial charge on any atom is -0.483 e. The molecule has 3 aromatic rings. The fourth-order valence-electron chi connectivity index (χ4n) is 4.09. The van der Waals surface area contributed by atoms with Gasteiger partial charge in [0.15, 0.2) is 6.61 Å². The highest BCUT2D eigenvalue weighted by molar-refractivity contribution is 5.88. The lowest BCUT2D eigenvalue weighted by molar-refractivity contribution is -0.134. The molecule has 2 aromatic heterocycles. The highest BCUT2D eigenvalue weighted by Crippen LogP contribution is 2.31. The summed E-state index contributed by atoms with van der Waals surface area (Å²) in [5.41, 5.74) is 2.44. The molecule has 3 heterocycles. The number of rotatable bonds is 5. The number of fused-ring (bicyclic) bond motifs is 1. The van der Waals surface area contributed by atoms with Crippen LogP contribution in [-0.2, 0) is 11.3 Å². The summed E-state index contributed by atoms with van der Waals surface area (Å²) < 4.78 is 13.5. The zero-order chi connectivity index (χ0) is 21.3. The lowest BCUT2D eigenvalue weighted by atomic mass is 9.97. The van der Waals surface area contributed by atoms with Gasteiger partial charge in [0.1, 0.15) is 11.3 Å². The molecular formula is C23H27N3O4. The summed E-state index contributed by atoms with van der Waals surface area (Å²) in [7, 11) is 0. The highest BCUT2D eigenvalue weighted by Gasteiger charge is 2.24. The van der Waals surface area contributed by atoms with E-state index in [9.17, 15) is 9.59 Å². The molecule has 0 spiro atoms. The molecule has 1 aromatic carbocycles. The zero-order valence-electron chi connectivity index (χ0n) is 17.7. The maximum atomic E-state index is 12.7. The molecule has 0 radical (unpaired) electrons. The normalized spacial score (nSPS) is 15.0. The smallest absolute Gasteiger partial charge is 0.339 e. The van der Waals surface area contributed by atoms with E-state index in [4.69, 9.17) is 9.15 Å². The van der Waals surface area contributed by atoms with Gasteiger partial charge >= 0.3 is 5.63 Å². The van der Waals surface area contributed by atoms with Crippen LogP contribution in [0, 0.1) is 26.7 Å². The van der Waals surface area contributed by atoms with Crippen molar-refractivity contribution in [3.63, 3.8) is 0 Å². The monoisotopic (exact) mass is 409 g/mol. The Balaban J connectivity index is 1.41. The molecule has 1 aliphatic heterocycles. The first-order valence-electron chi connectivity index (χ1n) is 10.3. The summed E-state index contributed by atoms with van der Waals surface area (Å²) in [6.07, 6.45) is 7.55. The van der Waals surface area contributed by atoms with Gasteiger partial charge in [0.25, 0.3) is 5.91 Å². The third kappa shape index (κ3) is 4.10. The Morgan fingerprint density at radius 2 is 1.97 bits per heavy atom. The number of ether oxygens (including phenoxy) is 1. The van der Waals surface area contributed by atoms with Crippen LogP contribution in [0.3, 0.4) is 0 Å². The quantitative estimate of drug-likeness (QED) is 0.605. The second-order valence-corrected chi connectivity index (χ2v) is 8.15. The van der Waals surface area contributed by atoms with Crippen molar-refractivity contribution in [2.24, 2.45) is 5.92 Å². The number of aromatic nitrogens is 2. The van der Waals surface area contributed by atoms with Crippen molar-refractivity contribution in [3.8, 4) is 5.75 Å².